The first-order chi connectivity index (χ1) is 10.0. The van der Waals surface area contributed by atoms with Gasteiger partial charge in [0.2, 0.25) is 5.91 Å². The first kappa shape index (κ1) is 13.4. The normalized spacial score (nSPS) is 11.0. The van der Waals surface area contributed by atoms with E-state index in [9.17, 15) is 4.79 Å². The zero-order valence-corrected chi connectivity index (χ0v) is 12.4. The average Bonchev–Trinajstić information content (AvgIpc) is 2.95. The van der Waals surface area contributed by atoms with Crippen molar-refractivity contribution in [2.24, 2.45) is 7.05 Å². The van der Waals surface area contributed by atoms with E-state index in [0.717, 1.165) is 22.2 Å². The van der Waals surface area contributed by atoms with Crippen LogP contribution in [0.2, 0.25) is 0 Å². The van der Waals surface area contributed by atoms with Crippen LogP contribution in [0, 0.1) is 13.8 Å². The van der Waals surface area contributed by atoms with Gasteiger partial charge in [0.15, 0.2) is 5.82 Å². The highest BCUT2D eigenvalue weighted by Gasteiger charge is 2.13. The molecule has 5 heteroatoms. The van der Waals surface area contributed by atoms with Crippen LogP contribution in [0.3, 0.4) is 0 Å². The van der Waals surface area contributed by atoms with E-state index < -0.39 is 0 Å². The molecular weight excluding hydrogens is 264 g/mol. The van der Waals surface area contributed by atoms with Gasteiger partial charge < -0.3 is 10.3 Å². The predicted molar refractivity (Wildman–Crippen MR) is 83.3 cm³/mol. The summed E-state index contributed by atoms with van der Waals surface area (Å²) in [6, 6.07) is 8.01. The van der Waals surface area contributed by atoms with Crippen LogP contribution in [0.5, 0.6) is 0 Å². The number of rotatable bonds is 3. The summed E-state index contributed by atoms with van der Waals surface area (Å²) >= 11 is 0. The van der Waals surface area contributed by atoms with Gasteiger partial charge in [0.1, 0.15) is 0 Å². The molecule has 0 saturated carbocycles. The topological polar surface area (TPSA) is 62.7 Å². The number of nitrogens with zero attached hydrogens (tertiary/aromatic N) is 2. The van der Waals surface area contributed by atoms with Crippen molar-refractivity contribution in [3.05, 3.63) is 47.3 Å². The van der Waals surface area contributed by atoms with Gasteiger partial charge in [-0.05, 0) is 31.5 Å². The van der Waals surface area contributed by atoms with Crippen LogP contribution in [0.15, 0.2) is 30.5 Å². The molecule has 2 heterocycles. The number of carbonyl (C=O) groups is 1. The standard InChI is InChI=1S/C16H18N4O/c1-10-4-5-14-13(8-10)12(11(2)17-14)9-16(21)18-15-6-7-20(3)19-15/h4-8,17H,9H2,1-3H3,(H,18,19,21). The fourth-order valence-corrected chi connectivity index (χ4v) is 2.55. The van der Waals surface area contributed by atoms with Crippen molar-refractivity contribution in [3.8, 4) is 0 Å². The molecule has 21 heavy (non-hydrogen) atoms. The summed E-state index contributed by atoms with van der Waals surface area (Å²) in [7, 11) is 1.82. The number of hydrogen-bond donors (Lipinski definition) is 2. The van der Waals surface area contributed by atoms with Gasteiger partial charge in [-0.1, -0.05) is 11.6 Å². The maximum absolute atomic E-state index is 12.2. The average molecular weight is 282 g/mol. The Morgan fingerprint density at radius 3 is 2.86 bits per heavy atom. The minimum Gasteiger partial charge on any atom is -0.358 e. The third-order valence-corrected chi connectivity index (χ3v) is 3.59. The van der Waals surface area contributed by atoms with Crippen LogP contribution in [0.1, 0.15) is 16.8 Å². The first-order valence-corrected chi connectivity index (χ1v) is 6.90. The Morgan fingerprint density at radius 2 is 2.14 bits per heavy atom. The van der Waals surface area contributed by atoms with E-state index in [2.05, 4.69) is 40.5 Å². The van der Waals surface area contributed by atoms with E-state index >= 15 is 0 Å². The van der Waals surface area contributed by atoms with E-state index in [4.69, 9.17) is 0 Å². The molecule has 0 radical (unpaired) electrons. The molecule has 0 aliphatic carbocycles. The molecule has 0 spiro atoms. The second-order valence-electron chi connectivity index (χ2n) is 5.38. The molecule has 0 saturated heterocycles. The maximum atomic E-state index is 12.2. The smallest absolute Gasteiger partial charge is 0.230 e. The molecule has 0 aliphatic rings. The number of benzene rings is 1. The first-order valence-electron chi connectivity index (χ1n) is 6.90. The summed E-state index contributed by atoms with van der Waals surface area (Å²) < 4.78 is 1.66. The molecule has 2 aromatic heterocycles. The van der Waals surface area contributed by atoms with Crippen molar-refractivity contribution >= 4 is 22.6 Å². The minimum atomic E-state index is -0.0563. The van der Waals surface area contributed by atoms with E-state index in [1.54, 1.807) is 16.9 Å². The second-order valence-corrected chi connectivity index (χ2v) is 5.38. The van der Waals surface area contributed by atoms with Crippen LogP contribution < -0.4 is 5.32 Å². The van der Waals surface area contributed by atoms with Crippen molar-refractivity contribution < 1.29 is 4.79 Å². The molecule has 3 rings (SSSR count). The van der Waals surface area contributed by atoms with Crippen LogP contribution in [-0.2, 0) is 18.3 Å². The van der Waals surface area contributed by atoms with E-state index in [0.29, 0.717) is 12.2 Å². The lowest BCUT2D eigenvalue weighted by atomic mass is 10.1. The van der Waals surface area contributed by atoms with E-state index in [-0.39, 0.29) is 5.91 Å². The van der Waals surface area contributed by atoms with Gasteiger partial charge in [-0.25, -0.2) is 0 Å². The molecule has 5 nitrogen and oxygen atoms in total. The Balaban J connectivity index is 1.85. The molecule has 0 atom stereocenters. The number of amides is 1. The number of hydrogen-bond acceptors (Lipinski definition) is 2. The number of aromatic amines is 1. The Hall–Kier alpha value is -2.56. The monoisotopic (exact) mass is 282 g/mol. The Bertz CT molecular complexity index is 813. The molecule has 1 amide bonds. The molecule has 0 bridgehead atoms. The quantitative estimate of drug-likeness (QED) is 0.776. The summed E-state index contributed by atoms with van der Waals surface area (Å²) in [4.78, 5) is 15.5. The third kappa shape index (κ3) is 2.67. The Morgan fingerprint density at radius 1 is 1.33 bits per heavy atom. The number of fused-ring (bicyclic) bond motifs is 1. The van der Waals surface area contributed by atoms with E-state index in [1.165, 1.54) is 5.56 Å². The van der Waals surface area contributed by atoms with Crippen molar-refractivity contribution in [1.82, 2.24) is 14.8 Å². The molecule has 0 aliphatic heterocycles. The number of carbonyl (C=O) groups excluding carboxylic acids is 1. The largest absolute Gasteiger partial charge is 0.358 e. The highest BCUT2D eigenvalue weighted by molar-refractivity contribution is 5.96. The lowest BCUT2D eigenvalue weighted by Gasteiger charge is -2.03. The molecule has 108 valence electrons. The maximum Gasteiger partial charge on any atom is 0.230 e. The lowest BCUT2D eigenvalue weighted by Crippen LogP contribution is -2.15. The van der Waals surface area contributed by atoms with Gasteiger partial charge in [-0.2, -0.15) is 5.10 Å². The van der Waals surface area contributed by atoms with Crippen molar-refractivity contribution in [3.63, 3.8) is 0 Å². The fourth-order valence-electron chi connectivity index (χ4n) is 2.55. The fraction of sp³-hybridized carbons (Fsp3) is 0.250. The number of H-pyrrole nitrogens is 1. The lowest BCUT2D eigenvalue weighted by molar-refractivity contribution is -0.115. The van der Waals surface area contributed by atoms with Gasteiger partial charge in [0, 0.05) is 35.9 Å². The highest BCUT2D eigenvalue weighted by atomic mass is 16.1. The Labute approximate surface area is 123 Å². The number of anilines is 1. The summed E-state index contributed by atoms with van der Waals surface area (Å²) in [6.45, 7) is 4.05. The summed E-state index contributed by atoms with van der Waals surface area (Å²) in [5.41, 5.74) is 4.33. The molecule has 0 fully saturated rings. The predicted octanol–water partition coefficient (Wildman–Crippen LogP) is 2.70. The van der Waals surface area contributed by atoms with Gasteiger partial charge >= 0.3 is 0 Å². The number of aromatic nitrogens is 3. The molecular formula is C16H18N4O. The molecule has 2 N–H and O–H groups in total. The number of aryl methyl sites for hydroxylation is 3. The highest BCUT2D eigenvalue weighted by Crippen LogP contribution is 2.24. The van der Waals surface area contributed by atoms with Gasteiger partial charge in [-0.15, -0.1) is 0 Å². The zero-order chi connectivity index (χ0) is 15.0. The van der Waals surface area contributed by atoms with Gasteiger partial charge in [0.25, 0.3) is 0 Å². The molecule has 0 unspecified atom stereocenters. The minimum absolute atomic E-state index is 0.0563. The van der Waals surface area contributed by atoms with Gasteiger partial charge in [0.05, 0.1) is 6.42 Å². The third-order valence-electron chi connectivity index (χ3n) is 3.59. The van der Waals surface area contributed by atoms with Crippen molar-refractivity contribution in [2.45, 2.75) is 20.3 Å². The summed E-state index contributed by atoms with van der Waals surface area (Å²) in [5.74, 6) is 0.524. The van der Waals surface area contributed by atoms with Gasteiger partial charge in [-0.3, -0.25) is 9.48 Å². The molecule has 1 aromatic carbocycles. The van der Waals surface area contributed by atoms with Crippen molar-refractivity contribution in [2.75, 3.05) is 5.32 Å². The summed E-state index contributed by atoms with van der Waals surface area (Å²) in [6.07, 6.45) is 2.14. The van der Waals surface area contributed by atoms with Crippen LogP contribution in [0.25, 0.3) is 10.9 Å². The van der Waals surface area contributed by atoms with E-state index in [1.807, 2.05) is 14.0 Å². The van der Waals surface area contributed by atoms with Crippen LogP contribution in [-0.4, -0.2) is 20.7 Å². The van der Waals surface area contributed by atoms with Crippen LogP contribution in [0.4, 0.5) is 5.82 Å². The van der Waals surface area contributed by atoms with Crippen molar-refractivity contribution in [1.29, 1.82) is 0 Å². The SMILES string of the molecule is Cc1ccc2[nH]c(C)c(CC(=O)Nc3ccn(C)n3)c2c1. The number of nitrogens with one attached hydrogen (secondary N) is 2. The Kier molecular flexibility index (Phi) is 3.25. The van der Waals surface area contributed by atoms with Crippen LogP contribution >= 0.6 is 0 Å². The second kappa shape index (κ2) is 5.09. The summed E-state index contributed by atoms with van der Waals surface area (Å²) in [5, 5.41) is 8.09. The zero-order valence-electron chi connectivity index (χ0n) is 12.4. The molecule has 3 aromatic rings.